The molecular weight excluding hydrogens is 438 g/mol. The summed E-state index contributed by atoms with van der Waals surface area (Å²) < 4.78 is 34.7. The van der Waals surface area contributed by atoms with Gasteiger partial charge < -0.3 is 4.74 Å². The van der Waals surface area contributed by atoms with Crippen LogP contribution in [0.25, 0.3) is 0 Å². The van der Waals surface area contributed by atoms with Crippen molar-refractivity contribution in [3.63, 3.8) is 0 Å². The summed E-state index contributed by atoms with van der Waals surface area (Å²) in [5.74, 6) is -1.50. The maximum atomic E-state index is 13.6. The largest absolute Gasteiger partial charge is 0.459 e. The fraction of sp³-hybridized carbons (Fsp3) is 0.154. The standard InChI is InChI=1S/C26H25NO5S/c1-19-14-16-24(17-15-19)33(30,31)27-26(20(2)21(3)28,23-12-8-5-9-13-23)25(29)32-18-22-10-6-4-7-11-22/h4-17,27H,2,18H2,1,3H3/t26-/m0/s1. The zero-order chi connectivity index (χ0) is 24.1. The summed E-state index contributed by atoms with van der Waals surface area (Å²) in [4.78, 5) is 26.0. The number of rotatable bonds is 9. The van der Waals surface area contributed by atoms with Crippen LogP contribution in [0.5, 0.6) is 0 Å². The second kappa shape index (κ2) is 9.94. The molecule has 1 N–H and O–H groups in total. The zero-order valence-electron chi connectivity index (χ0n) is 18.4. The molecule has 0 saturated heterocycles. The third-order valence-corrected chi connectivity index (χ3v) is 6.69. The molecule has 0 heterocycles. The highest BCUT2D eigenvalue weighted by molar-refractivity contribution is 7.89. The summed E-state index contributed by atoms with van der Waals surface area (Å²) in [7, 11) is -4.25. The van der Waals surface area contributed by atoms with Gasteiger partial charge in [-0.1, -0.05) is 84.9 Å². The number of benzene rings is 3. The highest BCUT2D eigenvalue weighted by atomic mass is 32.2. The molecule has 0 fully saturated rings. The summed E-state index contributed by atoms with van der Waals surface area (Å²) >= 11 is 0. The van der Waals surface area contributed by atoms with Gasteiger partial charge in [0.1, 0.15) is 6.61 Å². The van der Waals surface area contributed by atoms with E-state index in [0.29, 0.717) is 5.56 Å². The van der Waals surface area contributed by atoms with Crippen molar-refractivity contribution in [2.24, 2.45) is 0 Å². The molecule has 0 aliphatic heterocycles. The fourth-order valence-corrected chi connectivity index (χ4v) is 4.68. The normalized spacial score (nSPS) is 13.0. The van der Waals surface area contributed by atoms with Crippen molar-refractivity contribution >= 4 is 21.8 Å². The third kappa shape index (κ3) is 5.27. The second-order valence-corrected chi connectivity index (χ2v) is 9.31. The Morgan fingerprint density at radius 1 is 0.909 bits per heavy atom. The molecule has 0 radical (unpaired) electrons. The lowest BCUT2D eigenvalue weighted by Gasteiger charge is -2.33. The topological polar surface area (TPSA) is 89.5 Å². The molecule has 3 rings (SSSR count). The number of hydrogen-bond acceptors (Lipinski definition) is 5. The first-order valence-corrected chi connectivity index (χ1v) is 11.7. The Morgan fingerprint density at radius 3 is 2.00 bits per heavy atom. The molecule has 0 saturated carbocycles. The summed E-state index contributed by atoms with van der Waals surface area (Å²) in [5.41, 5.74) is -0.589. The van der Waals surface area contributed by atoms with Crippen LogP contribution in [0.4, 0.5) is 0 Å². The number of carbonyl (C=O) groups excluding carboxylic acids is 2. The second-order valence-electron chi connectivity index (χ2n) is 7.63. The Hall–Kier alpha value is -3.55. The van der Waals surface area contributed by atoms with Crippen molar-refractivity contribution in [2.75, 3.05) is 0 Å². The Balaban J connectivity index is 2.12. The van der Waals surface area contributed by atoms with Crippen LogP contribution in [0.2, 0.25) is 0 Å². The van der Waals surface area contributed by atoms with Crippen molar-refractivity contribution < 1.29 is 22.7 Å². The number of Topliss-reactive ketones (excluding diaryl/α,β-unsaturated/α-hetero) is 1. The molecule has 0 aromatic heterocycles. The number of nitrogens with one attached hydrogen (secondary N) is 1. The third-order valence-electron chi connectivity index (χ3n) is 5.22. The number of aryl methyl sites for hydroxylation is 1. The Kier molecular flexibility index (Phi) is 7.26. The van der Waals surface area contributed by atoms with E-state index in [1.807, 2.05) is 13.0 Å². The van der Waals surface area contributed by atoms with E-state index < -0.39 is 27.3 Å². The van der Waals surface area contributed by atoms with Crippen molar-refractivity contribution in [2.45, 2.75) is 30.9 Å². The van der Waals surface area contributed by atoms with Crippen molar-refractivity contribution in [1.29, 1.82) is 0 Å². The molecule has 0 amide bonds. The Morgan fingerprint density at radius 2 is 1.45 bits per heavy atom. The van der Waals surface area contributed by atoms with E-state index in [9.17, 15) is 18.0 Å². The minimum atomic E-state index is -4.25. The van der Waals surface area contributed by atoms with Crippen molar-refractivity contribution in [3.8, 4) is 0 Å². The van der Waals surface area contributed by atoms with Crippen LogP contribution in [-0.2, 0) is 36.5 Å². The summed E-state index contributed by atoms with van der Waals surface area (Å²) in [6.45, 7) is 6.75. The van der Waals surface area contributed by atoms with Gasteiger partial charge in [0.05, 0.1) is 4.90 Å². The predicted octanol–water partition coefficient (Wildman–Crippen LogP) is 4.06. The average Bonchev–Trinajstić information content (AvgIpc) is 2.82. The molecule has 0 unspecified atom stereocenters. The summed E-state index contributed by atoms with van der Waals surface area (Å²) in [6.07, 6.45) is 0. The molecule has 0 spiro atoms. The lowest BCUT2D eigenvalue weighted by Crippen LogP contribution is -2.54. The van der Waals surface area contributed by atoms with Gasteiger partial charge in [0.2, 0.25) is 10.0 Å². The fourth-order valence-electron chi connectivity index (χ4n) is 3.34. The lowest BCUT2D eigenvalue weighted by atomic mass is 9.82. The van der Waals surface area contributed by atoms with E-state index in [-0.39, 0.29) is 22.6 Å². The Labute approximate surface area is 194 Å². The van der Waals surface area contributed by atoms with Crippen LogP contribution < -0.4 is 4.72 Å². The van der Waals surface area contributed by atoms with Gasteiger partial charge in [-0.25, -0.2) is 13.2 Å². The molecule has 7 heteroatoms. The van der Waals surface area contributed by atoms with Crippen molar-refractivity contribution in [3.05, 3.63) is 114 Å². The van der Waals surface area contributed by atoms with E-state index in [0.717, 1.165) is 5.56 Å². The zero-order valence-corrected chi connectivity index (χ0v) is 19.3. The van der Waals surface area contributed by atoms with Crippen LogP contribution in [0, 0.1) is 6.92 Å². The first kappa shape index (κ1) is 24.1. The summed E-state index contributed by atoms with van der Waals surface area (Å²) in [5, 5.41) is 0. The van der Waals surface area contributed by atoms with Crippen molar-refractivity contribution in [1.82, 2.24) is 4.72 Å². The SMILES string of the molecule is C=C(C(C)=O)[C@@](NS(=O)(=O)c1ccc(C)cc1)(C(=O)OCc1ccccc1)c1ccccc1. The number of esters is 1. The molecule has 170 valence electrons. The van der Waals surface area contributed by atoms with Gasteiger partial charge in [-0.05, 0) is 37.1 Å². The van der Waals surface area contributed by atoms with Crippen LogP contribution in [0.15, 0.2) is 102 Å². The first-order chi connectivity index (χ1) is 15.7. The van der Waals surface area contributed by atoms with Crippen LogP contribution in [0.3, 0.4) is 0 Å². The van der Waals surface area contributed by atoms with Crippen LogP contribution in [0.1, 0.15) is 23.6 Å². The highest BCUT2D eigenvalue weighted by Gasteiger charge is 2.49. The van der Waals surface area contributed by atoms with Gasteiger partial charge in [0.25, 0.3) is 0 Å². The number of hydrogen-bond donors (Lipinski definition) is 1. The van der Waals surface area contributed by atoms with Gasteiger partial charge >= 0.3 is 5.97 Å². The number of ketones is 1. The molecule has 6 nitrogen and oxygen atoms in total. The van der Waals surface area contributed by atoms with Crippen LogP contribution in [-0.4, -0.2) is 20.2 Å². The predicted molar refractivity (Wildman–Crippen MR) is 126 cm³/mol. The maximum Gasteiger partial charge on any atom is 0.337 e. The molecule has 0 aliphatic rings. The quantitative estimate of drug-likeness (QED) is 0.382. The highest BCUT2D eigenvalue weighted by Crippen LogP contribution is 2.33. The molecule has 1 atom stereocenters. The van der Waals surface area contributed by atoms with E-state index in [4.69, 9.17) is 4.74 Å². The summed E-state index contributed by atoms with van der Waals surface area (Å²) in [6, 6.07) is 23.2. The minimum absolute atomic E-state index is 0.0550. The molecule has 33 heavy (non-hydrogen) atoms. The van der Waals surface area contributed by atoms with Gasteiger partial charge in [-0.2, -0.15) is 4.72 Å². The molecular formula is C26H25NO5S. The lowest BCUT2D eigenvalue weighted by molar-refractivity contribution is -0.151. The molecule has 3 aromatic rings. The first-order valence-electron chi connectivity index (χ1n) is 10.2. The monoisotopic (exact) mass is 463 g/mol. The maximum absolute atomic E-state index is 13.6. The van der Waals surface area contributed by atoms with Gasteiger partial charge in [-0.3, -0.25) is 4.79 Å². The number of carbonyl (C=O) groups is 2. The average molecular weight is 464 g/mol. The minimum Gasteiger partial charge on any atom is -0.459 e. The number of ether oxygens (including phenoxy) is 1. The molecule has 3 aromatic carbocycles. The van der Waals surface area contributed by atoms with Gasteiger partial charge in [-0.15, -0.1) is 0 Å². The van der Waals surface area contributed by atoms with E-state index in [1.54, 1.807) is 66.7 Å². The molecule has 0 bridgehead atoms. The smallest absolute Gasteiger partial charge is 0.337 e. The van der Waals surface area contributed by atoms with E-state index >= 15 is 0 Å². The van der Waals surface area contributed by atoms with Gasteiger partial charge in [0, 0.05) is 5.57 Å². The number of sulfonamides is 1. The molecule has 0 aliphatic carbocycles. The van der Waals surface area contributed by atoms with E-state index in [2.05, 4.69) is 11.3 Å². The van der Waals surface area contributed by atoms with E-state index in [1.165, 1.54) is 19.1 Å². The Bertz CT molecular complexity index is 1250. The van der Waals surface area contributed by atoms with Crippen LogP contribution >= 0.6 is 0 Å². The van der Waals surface area contributed by atoms with Gasteiger partial charge in [0.15, 0.2) is 11.3 Å².